The van der Waals surface area contributed by atoms with Crippen molar-refractivity contribution in [3.8, 4) is 0 Å². The van der Waals surface area contributed by atoms with Crippen LogP contribution in [0.25, 0.3) is 0 Å². The quantitative estimate of drug-likeness (QED) is 0.436. The van der Waals surface area contributed by atoms with Crippen molar-refractivity contribution in [1.29, 1.82) is 0 Å². The number of hydrogen-bond donors (Lipinski definition) is 3. The normalized spacial score (nSPS) is 13.4. The maximum Gasteiger partial charge on any atom is 0.207 e. The predicted molar refractivity (Wildman–Crippen MR) is 115 cm³/mol. The van der Waals surface area contributed by atoms with E-state index in [1.165, 1.54) is 11.1 Å². The summed E-state index contributed by atoms with van der Waals surface area (Å²) in [5.74, 6) is 0. The summed E-state index contributed by atoms with van der Waals surface area (Å²) >= 11 is 4.17. The lowest BCUT2D eigenvalue weighted by atomic mass is 9.87. The van der Waals surface area contributed by atoms with Gasteiger partial charge >= 0.3 is 0 Å². The summed E-state index contributed by atoms with van der Waals surface area (Å²) in [4.78, 5) is 22.6. The zero-order valence-electron chi connectivity index (χ0n) is 15.8. The molecule has 0 aliphatic heterocycles. The first-order chi connectivity index (χ1) is 11.3. The van der Waals surface area contributed by atoms with Crippen LogP contribution in [-0.2, 0) is 20.9 Å². The SMILES string of the molecule is CC(C)(C)c1ccc(S(c2ccc(C(C)(C)C)cc2)=P(O)(O)S)cc1. The second kappa shape index (κ2) is 7.25. The highest BCUT2D eigenvalue weighted by molar-refractivity contribution is 8.65. The summed E-state index contributed by atoms with van der Waals surface area (Å²) in [5, 5.41) is 0. The molecule has 138 valence electrons. The van der Waals surface area contributed by atoms with Gasteiger partial charge in [-0.2, -0.15) is 0 Å². The van der Waals surface area contributed by atoms with Gasteiger partial charge in [0.25, 0.3) is 0 Å². The molecular weight excluding hydrogens is 367 g/mol. The monoisotopic (exact) mass is 396 g/mol. The summed E-state index contributed by atoms with van der Waals surface area (Å²) in [5.41, 5.74) is -0.778. The molecule has 0 aromatic heterocycles. The Morgan fingerprint density at radius 1 is 0.680 bits per heavy atom. The van der Waals surface area contributed by atoms with E-state index in [2.05, 4.69) is 78.1 Å². The average Bonchev–Trinajstić information content (AvgIpc) is 2.45. The smallest absolute Gasteiger partial charge is 0.207 e. The van der Waals surface area contributed by atoms with Crippen molar-refractivity contribution in [1.82, 2.24) is 0 Å². The molecule has 0 heterocycles. The maximum absolute atomic E-state index is 10.4. The molecule has 0 aliphatic rings. The fourth-order valence-electron chi connectivity index (χ4n) is 2.59. The Morgan fingerprint density at radius 3 is 1.16 bits per heavy atom. The zero-order chi connectivity index (χ0) is 19.0. The van der Waals surface area contributed by atoms with E-state index >= 15 is 0 Å². The number of thiol groups is 1. The van der Waals surface area contributed by atoms with Crippen LogP contribution in [0.4, 0.5) is 0 Å². The van der Waals surface area contributed by atoms with Crippen LogP contribution in [0.2, 0.25) is 0 Å². The number of benzene rings is 2. The first kappa shape index (κ1) is 20.8. The molecular formula is C20H29O2PS2. The summed E-state index contributed by atoms with van der Waals surface area (Å²) < 4.78 is 0. The molecule has 0 spiro atoms. The molecule has 25 heavy (non-hydrogen) atoms. The van der Waals surface area contributed by atoms with Crippen LogP contribution in [0.5, 0.6) is 0 Å². The van der Waals surface area contributed by atoms with Crippen molar-refractivity contribution >= 4 is 28.0 Å². The van der Waals surface area contributed by atoms with Crippen LogP contribution >= 0.6 is 17.9 Å². The van der Waals surface area contributed by atoms with Crippen molar-refractivity contribution in [2.45, 2.75) is 62.2 Å². The molecule has 2 rings (SSSR count). The van der Waals surface area contributed by atoms with Crippen molar-refractivity contribution in [2.75, 3.05) is 0 Å². The van der Waals surface area contributed by atoms with Gasteiger partial charge in [0.15, 0.2) is 0 Å². The molecule has 0 radical (unpaired) electrons. The third-order valence-corrected chi connectivity index (χ3v) is 10.3. The Hall–Kier alpha value is -0.510. The van der Waals surface area contributed by atoms with Crippen LogP contribution in [0, 0.1) is 0 Å². The van der Waals surface area contributed by atoms with Crippen LogP contribution in [-0.4, -0.2) is 9.79 Å². The molecule has 0 unspecified atom stereocenters. The van der Waals surface area contributed by atoms with E-state index in [0.717, 1.165) is 9.79 Å². The standard InChI is InChI=1S/C20H29O2PS2/c1-19(2,3)15-7-11-17(12-8-15)25(23(21,22)24)18-13-9-16(10-14-18)20(4,5)6/h7-14,21-22,24H,1-6H3. The lowest BCUT2D eigenvalue weighted by Gasteiger charge is -2.22. The predicted octanol–water partition coefficient (Wildman–Crippen LogP) is 5.91. The minimum Gasteiger partial charge on any atom is -0.341 e. The zero-order valence-corrected chi connectivity index (χ0v) is 18.4. The van der Waals surface area contributed by atoms with Gasteiger partial charge in [-0.15, -0.1) is 0 Å². The molecule has 5 heteroatoms. The fourth-order valence-corrected chi connectivity index (χ4v) is 8.34. The van der Waals surface area contributed by atoms with E-state index in [-0.39, 0.29) is 10.8 Å². The van der Waals surface area contributed by atoms with Gasteiger partial charge in [-0.3, -0.25) is 0 Å². The van der Waals surface area contributed by atoms with Crippen LogP contribution in [0.1, 0.15) is 52.7 Å². The van der Waals surface area contributed by atoms with Crippen molar-refractivity contribution in [3.05, 3.63) is 59.7 Å². The summed E-state index contributed by atoms with van der Waals surface area (Å²) in [6.45, 7) is 13.0. The molecule has 0 bridgehead atoms. The van der Waals surface area contributed by atoms with Crippen LogP contribution < -0.4 is 0 Å². The topological polar surface area (TPSA) is 40.5 Å². The molecule has 0 amide bonds. The molecule has 2 aromatic carbocycles. The van der Waals surface area contributed by atoms with Gasteiger partial charge in [0.05, 0.1) is 0 Å². The van der Waals surface area contributed by atoms with Crippen molar-refractivity contribution in [2.24, 2.45) is 0 Å². The molecule has 2 nitrogen and oxygen atoms in total. The maximum atomic E-state index is 10.4. The Balaban J connectivity index is 2.53. The first-order valence-corrected chi connectivity index (χ1v) is 13.0. The highest BCUT2D eigenvalue weighted by atomic mass is 32.9. The van der Waals surface area contributed by atoms with E-state index in [9.17, 15) is 9.79 Å². The third kappa shape index (κ3) is 5.24. The molecule has 0 saturated heterocycles. The largest absolute Gasteiger partial charge is 0.341 e. The average molecular weight is 397 g/mol. The first-order valence-electron chi connectivity index (χ1n) is 8.33. The summed E-state index contributed by atoms with van der Waals surface area (Å²) in [6.07, 6.45) is 0. The molecule has 0 saturated carbocycles. The lowest BCUT2D eigenvalue weighted by Crippen LogP contribution is -2.11. The lowest BCUT2D eigenvalue weighted by molar-refractivity contribution is 0.502. The van der Waals surface area contributed by atoms with Gasteiger partial charge in [-0.1, -0.05) is 88.1 Å². The Morgan fingerprint density at radius 2 is 0.960 bits per heavy atom. The highest BCUT2D eigenvalue weighted by Gasteiger charge is 2.19. The molecule has 0 aliphatic carbocycles. The molecule has 0 fully saturated rings. The van der Waals surface area contributed by atoms with Gasteiger partial charge in [0.1, 0.15) is 0 Å². The van der Waals surface area contributed by atoms with Gasteiger partial charge in [0.2, 0.25) is 5.69 Å². The van der Waals surface area contributed by atoms with E-state index in [4.69, 9.17) is 0 Å². The summed E-state index contributed by atoms with van der Waals surface area (Å²) in [6, 6.07) is 16.3. The van der Waals surface area contributed by atoms with E-state index < -0.39 is 15.8 Å². The number of rotatable bonds is 2. The van der Waals surface area contributed by atoms with Crippen molar-refractivity contribution < 1.29 is 9.79 Å². The van der Waals surface area contributed by atoms with E-state index in [0.29, 0.717) is 0 Å². The number of hydrogen-bond acceptors (Lipinski definition) is 0. The van der Waals surface area contributed by atoms with Gasteiger partial charge in [-0.05, 0) is 46.2 Å². The Bertz CT molecular complexity index is 722. The highest BCUT2D eigenvalue weighted by Crippen LogP contribution is 2.51. The Labute approximate surface area is 159 Å². The molecule has 2 N–H and O–H groups in total. The van der Waals surface area contributed by atoms with Gasteiger partial charge in [-0.25, -0.2) is 0 Å². The van der Waals surface area contributed by atoms with Crippen LogP contribution in [0.15, 0.2) is 58.3 Å². The van der Waals surface area contributed by atoms with Gasteiger partial charge in [0, 0.05) is 9.79 Å². The second-order valence-corrected chi connectivity index (χ2v) is 16.0. The van der Waals surface area contributed by atoms with E-state index in [1.54, 1.807) is 0 Å². The van der Waals surface area contributed by atoms with E-state index in [1.807, 2.05) is 24.3 Å². The Kier molecular flexibility index (Phi) is 6.03. The van der Waals surface area contributed by atoms with Crippen LogP contribution in [0.3, 0.4) is 0 Å². The minimum absolute atomic E-state index is 0.0666. The van der Waals surface area contributed by atoms with Gasteiger partial charge < -0.3 is 9.79 Å². The van der Waals surface area contributed by atoms with Crippen molar-refractivity contribution in [3.63, 3.8) is 0 Å². The fraction of sp³-hybridized carbons (Fsp3) is 0.400. The minimum atomic E-state index is -3.36. The summed E-state index contributed by atoms with van der Waals surface area (Å²) in [7, 11) is -0.852. The second-order valence-electron chi connectivity index (χ2n) is 8.35. The third-order valence-electron chi connectivity index (χ3n) is 4.13. The molecule has 0 atom stereocenters. The molecule has 2 aromatic rings.